The molecule has 0 aliphatic carbocycles. The highest BCUT2D eigenvalue weighted by Gasteiger charge is 2.25. The molecule has 1 aromatic rings. The largest absolute Gasteiger partial charge is 0.462 e. The van der Waals surface area contributed by atoms with Gasteiger partial charge in [0.15, 0.2) is 0 Å². The number of ether oxygens (including phenoxy) is 1. The lowest BCUT2D eigenvalue weighted by atomic mass is 9.94. The fourth-order valence-corrected chi connectivity index (χ4v) is 2.83. The molecule has 0 spiro atoms. The number of benzene rings is 1. The van der Waals surface area contributed by atoms with Crippen molar-refractivity contribution in [3.8, 4) is 0 Å². The fraction of sp³-hybridized carbons (Fsp3) is 0.529. The van der Waals surface area contributed by atoms with Crippen molar-refractivity contribution in [3.05, 3.63) is 35.4 Å². The molecular weight excluding hydrogens is 264 g/mol. The molecule has 2 N–H and O–H groups in total. The van der Waals surface area contributed by atoms with Gasteiger partial charge in [-0.2, -0.15) is 5.10 Å². The van der Waals surface area contributed by atoms with E-state index < -0.39 is 0 Å². The van der Waals surface area contributed by atoms with Gasteiger partial charge in [0.2, 0.25) is 0 Å². The number of hydrogen-bond acceptors (Lipinski definition) is 4. The number of nitrogens with zero attached hydrogens (tertiary/aromatic N) is 1. The lowest BCUT2D eigenvalue weighted by Crippen LogP contribution is -2.28. The van der Waals surface area contributed by atoms with Gasteiger partial charge in [0.05, 0.1) is 6.21 Å². The molecule has 0 saturated carbocycles. The molecule has 4 heteroatoms. The minimum Gasteiger partial charge on any atom is -0.462 e. The van der Waals surface area contributed by atoms with Crippen molar-refractivity contribution in [1.29, 1.82) is 0 Å². The lowest BCUT2D eigenvalue weighted by Gasteiger charge is -2.26. The number of rotatable bonds is 6. The summed E-state index contributed by atoms with van der Waals surface area (Å²) in [5.41, 5.74) is 2.34. The van der Waals surface area contributed by atoms with Gasteiger partial charge in [0, 0.05) is 6.42 Å². The van der Waals surface area contributed by atoms with Crippen LogP contribution in [0.2, 0.25) is 0 Å². The Morgan fingerprint density at radius 3 is 2.76 bits per heavy atom. The minimum atomic E-state index is -0.0316. The van der Waals surface area contributed by atoms with Gasteiger partial charge < -0.3 is 10.6 Å². The highest BCUT2D eigenvalue weighted by molar-refractivity contribution is 5.79. The summed E-state index contributed by atoms with van der Waals surface area (Å²) >= 11 is 0. The molecule has 21 heavy (non-hydrogen) atoms. The number of hydrazone groups is 1. The number of carbonyl (C=O) groups is 1. The van der Waals surface area contributed by atoms with Crippen molar-refractivity contribution in [2.45, 2.75) is 51.6 Å². The van der Waals surface area contributed by atoms with E-state index in [2.05, 4.69) is 24.2 Å². The Labute approximate surface area is 126 Å². The smallest absolute Gasteiger partial charge is 0.306 e. The van der Waals surface area contributed by atoms with E-state index in [0.717, 1.165) is 37.7 Å². The van der Waals surface area contributed by atoms with Crippen LogP contribution in [0.15, 0.2) is 29.4 Å². The van der Waals surface area contributed by atoms with Crippen molar-refractivity contribution in [1.82, 2.24) is 0 Å². The Morgan fingerprint density at radius 2 is 2.10 bits per heavy atom. The predicted molar refractivity (Wildman–Crippen MR) is 84.1 cm³/mol. The van der Waals surface area contributed by atoms with Crippen LogP contribution in [-0.4, -0.2) is 18.3 Å². The van der Waals surface area contributed by atoms with Crippen LogP contribution in [0.25, 0.3) is 0 Å². The van der Waals surface area contributed by atoms with Gasteiger partial charge in [-0.1, -0.05) is 31.2 Å². The number of hydrogen-bond donors (Lipinski definition) is 1. The van der Waals surface area contributed by atoms with Gasteiger partial charge in [-0.15, -0.1) is 0 Å². The zero-order chi connectivity index (χ0) is 15.1. The number of nitrogens with two attached hydrogens (primary N) is 1. The summed E-state index contributed by atoms with van der Waals surface area (Å²) in [6, 6.07) is 8.27. The molecule has 4 nitrogen and oxygen atoms in total. The van der Waals surface area contributed by atoms with Crippen molar-refractivity contribution < 1.29 is 9.53 Å². The quantitative estimate of drug-likeness (QED) is 0.288. The predicted octanol–water partition coefficient (Wildman–Crippen LogP) is 3.03. The van der Waals surface area contributed by atoms with E-state index in [1.165, 1.54) is 5.56 Å². The van der Waals surface area contributed by atoms with E-state index in [4.69, 9.17) is 10.6 Å². The maximum Gasteiger partial charge on any atom is 0.306 e. The van der Waals surface area contributed by atoms with Crippen LogP contribution in [0.5, 0.6) is 0 Å². The van der Waals surface area contributed by atoms with Gasteiger partial charge in [0.1, 0.15) is 6.10 Å². The van der Waals surface area contributed by atoms with Crippen LogP contribution in [-0.2, 0) is 16.0 Å². The van der Waals surface area contributed by atoms with Crippen LogP contribution in [0.3, 0.4) is 0 Å². The molecule has 0 bridgehead atoms. The summed E-state index contributed by atoms with van der Waals surface area (Å²) in [6.07, 6.45) is 7.61. The van der Waals surface area contributed by atoms with Gasteiger partial charge >= 0.3 is 5.97 Å². The Morgan fingerprint density at radius 1 is 1.33 bits per heavy atom. The minimum absolute atomic E-state index is 0.0316. The van der Waals surface area contributed by atoms with E-state index in [1.807, 2.05) is 12.1 Å². The lowest BCUT2D eigenvalue weighted by molar-refractivity contribution is -0.156. The second kappa shape index (κ2) is 7.81. The third-order valence-corrected chi connectivity index (χ3v) is 3.92. The Hall–Kier alpha value is -1.84. The first-order valence-corrected chi connectivity index (χ1v) is 7.69. The summed E-state index contributed by atoms with van der Waals surface area (Å²) in [6.45, 7) is 2.12. The molecule has 0 radical (unpaired) electrons. The summed E-state index contributed by atoms with van der Waals surface area (Å²) < 4.78 is 5.39. The molecule has 0 aromatic heterocycles. The summed E-state index contributed by atoms with van der Waals surface area (Å²) in [4.78, 5) is 11.4. The molecular formula is C17H24N2O2. The Kier molecular flexibility index (Phi) is 5.78. The average molecular weight is 288 g/mol. The molecule has 1 aliphatic heterocycles. The highest BCUT2D eigenvalue weighted by Crippen LogP contribution is 2.24. The van der Waals surface area contributed by atoms with E-state index in [9.17, 15) is 4.79 Å². The maximum absolute atomic E-state index is 11.4. The van der Waals surface area contributed by atoms with E-state index in [1.54, 1.807) is 6.21 Å². The van der Waals surface area contributed by atoms with Crippen LogP contribution >= 0.6 is 0 Å². The van der Waals surface area contributed by atoms with Crippen molar-refractivity contribution in [2.24, 2.45) is 16.9 Å². The van der Waals surface area contributed by atoms with Crippen LogP contribution in [0, 0.1) is 5.92 Å². The SMILES string of the molecule is C[C@@H]1CC(=O)O[C@H](CCCCc2ccc(C=NN)cc2)C1. The van der Waals surface area contributed by atoms with Crippen molar-refractivity contribution in [2.75, 3.05) is 0 Å². The highest BCUT2D eigenvalue weighted by atomic mass is 16.5. The van der Waals surface area contributed by atoms with Gasteiger partial charge in [-0.05, 0) is 49.1 Å². The molecule has 2 rings (SSSR count). The van der Waals surface area contributed by atoms with Crippen LogP contribution < -0.4 is 5.84 Å². The Bertz CT molecular complexity index is 482. The fourth-order valence-electron chi connectivity index (χ4n) is 2.83. The number of unbranched alkanes of at least 4 members (excludes halogenated alkanes) is 1. The topological polar surface area (TPSA) is 64.7 Å². The molecule has 1 saturated heterocycles. The van der Waals surface area contributed by atoms with Crippen LogP contribution in [0.1, 0.15) is 50.2 Å². The third kappa shape index (κ3) is 5.21. The molecule has 1 aromatic carbocycles. The van der Waals surface area contributed by atoms with Gasteiger partial charge in [-0.3, -0.25) is 4.79 Å². The molecule has 0 amide bonds. The number of cyclic esters (lactones) is 1. The first-order valence-electron chi connectivity index (χ1n) is 7.69. The van der Waals surface area contributed by atoms with E-state index in [0.29, 0.717) is 12.3 Å². The standard InChI is InChI=1S/C17H24N2O2/c1-13-10-16(21-17(20)11-13)5-3-2-4-14-6-8-15(9-7-14)12-19-18/h6-9,12-13,16H,2-5,10-11,18H2,1H3/t13-,16+/m0/s1. The van der Waals surface area contributed by atoms with E-state index >= 15 is 0 Å². The normalized spacial score (nSPS) is 22.4. The van der Waals surface area contributed by atoms with E-state index in [-0.39, 0.29) is 12.1 Å². The number of aryl methyl sites for hydroxylation is 1. The second-order valence-corrected chi connectivity index (χ2v) is 5.92. The molecule has 0 unspecified atom stereocenters. The van der Waals surface area contributed by atoms with Crippen LogP contribution in [0.4, 0.5) is 0 Å². The maximum atomic E-state index is 11.4. The summed E-state index contributed by atoms with van der Waals surface area (Å²) in [5.74, 6) is 5.55. The molecule has 1 heterocycles. The molecule has 1 fully saturated rings. The third-order valence-electron chi connectivity index (χ3n) is 3.92. The molecule has 114 valence electrons. The monoisotopic (exact) mass is 288 g/mol. The zero-order valence-corrected chi connectivity index (χ0v) is 12.6. The molecule has 2 atom stereocenters. The summed E-state index contributed by atoms with van der Waals surface area (Å²) in [5, 5.41) is 3.51. The number of carbonyl (C=O) groups excluding carboxylic acids is 1. The first kappa shape index (κ1) is 15.5. The number of esters is 1. The first-order chi connectivity index (χ1) is 10.2. The molecule has 1 aliphatic rings. The van der Waals surface area contributed by atoms with Crippen molar-refractivity contribution in [3.63, 3.8) is 0 Å². The van der Waals surface area contributed by atoms with Gasteiger partial charge in [0.25, 0.3) is 0 Å². The second-order valence-electron chi connectivity index (χ2n) is 5.92. The summed E-state index contributed by atoms with van der Waals surface area (Å²) in [7, 11) is 0. The Balaban J connectivity index is 1.68. The average Bonchev–Trinajstić information content (AvgIpc) is 2.45. The van der Waals surface area contributed by atoms with Gasteiger partial charge in [-0.25, -0.2) is 0 Å². The van der Waals surface area contributed by atoms with Crippen molar-refractivity contribution >= 4 is 12.2 Å². The zero-order valence-electron chi connectivity index (χ0n) is 12.6.